The summed E-state index contributed by atoms with van der Waals surface area (Å²) in [5, 5.41) is 5.82. The van der Waals surface area contributed by atoms with Gasteiger partial charge in [-0.1, -0.05) is 30.3 Å². The van der Waals surface area contributed by atoms with Crippen LogP contribution < -0.4 is 15.4 Å². The molecule has 0 radical (unpaired) electrons. The molecule has 7 heteroatoms. The summed E-state index contributed by atoms with van der Waals surface area (Å²) in [4.78, 5) is 37.7. The van der Waals surface area contributed by atoms with Gasteiger partial charge in [0.25, 0.3) is 11.8 Å². The minimum atomic E-state index is -0.605. The van der Waals surface area contributed by atoms with Gasteiger partial charge in [0.2, 0.25) is 5.91 Å². The predicted molar refractivity (Wildman–Crippen MR) is 99.5 cm³/mol. The van der Waals surface area contributed by atoms with E-state index in [1.165, 1.54) is 4.90 Å². The Morgan fingerprint density at radius 2 is 1.93 bits per heavy atom. The van der Waals surface area contributed by atoms with Crippen LogP contribution in [0.3, 0.4) is 0 Å². The maximum absolute atomic E-state index is 12.6. The van der Waals surface area contributed by atoms with Gasteiger partial charge in [-0.3, -0.25) is 19.3 Å². The lowest BCUT2D eigenvalue weighted by Gasteiger charge is -2.20. The number of nitrogens with zero attached hydrogens (tertiary/aromatic N) is 1. The average molecular weight is 365 g/mol. The standard InChI is InChI=1S/C20H19N3O4/c24-18-12-27-17-7-6-14(10-15(17)22-18)21-16-11-19(25)23(20(16)26)9-8-13-4-2-1-3-5-13/h1-7,10,16,21H,8-9,11-12H2,(H,22,24)/t16-/m0/s1. The van der Waals surface area contributed by atoms with Gasteiger partial charge in [-0.15, -0.1) is 0 Å². The van der Waals surface area contributed by atoms with Gasteiger partial charge in [-0.2, -0.15) is 0 Å². The molecule has 0 unspecified atom stereocenters. The van der Waals surface area contributed by atoms with Crippen LogP contribution in [0.15, 0.2) is 48.5 Å². The van der Waals surface area contributed by atoms with Crippen molar-refractivity contribution < 1.29 is 19.1 Å². The number of hydrogen-bond acceptors (Lipinski definition) is 5. The van der Waals surface area contributed by atoms with Crippen molar-refractivity contribution in [2.75, 3.05) is 23.8 Å². The number of carbonyl (C=O) groups excluding carboxylic acids is 3. The maximum Gasteiger partial charge on any atom is 0.262 e. The highest BCUT2D eigenvalue weighted by molar-refractivity contribution is 6.07. The molecule has 2 aliphatic rings. The Bertz CT molecular complexity index is 897. The zero-order valence-corrected chi connectivity index (χ0v) is 14.6. The smallest absolute Gasteiger partial charge is 0.262 e. The molecule has 7 nitrogen and oxygen atoms in total. The summed E-state index contributed by atoms with van der Waals surface area (Å²) in [6, 6.07) is 14.4. The highest BCUT2D eigenvalue weighted by atomic mass is 16.5. The van der Waals surface area contributed by atoms with E-state index in [1.807, 2.05) is 30.3 Å². The number of imide groups is 1. The van der Waals surface area contributed by atoms with Crippen molar-refractivity contribution in [2.24, 2.45) is 0 Å². The summed E-state index contributed by atoms with van der Waals surface area (Å²) in [6.45, 7) is 0.361. The van der Waals surface area contributed by atoms with Crippen LogP contribution in [-0.4, -0.2) is 41.8 Å². The Morgan fingerprint density at radius 3 is 2.74 bits per heavy atom. The molecule has 0 spiro atoms. The van der Waals surface area contributed by atoms with E-state index in [0.717, 1.165) is 5.56 Å². The lowest BCUT2D eigenvalue weighted by molar-refractivity contribution is -0.138. The van der Waals surface area contributed by atoms with Crippen LogP contribution in [0.25, 0.3) is 0 Å². The van der Waals surface area contributed by atoms with Crippen molar-refractivity contribution >= 4 is 29.1 Å². The second kappa shape index (κ2) is 7.11. The Kier molecular flexibility index (Phi) is 4.50. The van der Waals surface area contributed by atoms with Crippen molar-refractivity contribution in [2.45, 2.75) is 18.9 Å². The fraction of sp³-hybridized carbons (Fsp3) is 0.250. The van der Waals surface area contributed by atoms with Gasteiger partial charge in [0, 0.05) is 12.2 Å². The Hall–Kier alpha value is -3.35. The third-order valence-electron chi connectivity index (χ3n) is 4.66. The van der Waals surface area contributed by atoms with Gasteiger partial charge in [0.15, 0.2) is 6.61 Å². The Balaban J connectivity index is 1.41. The van der Waals surface area contributed by atoms with Crippen molar-refractivity contribution in [3.8, 4) is 5.75 Å². The minimum Gasteiger partial charge on any atom is -0.482 e. The van der Waals surface area contributed by atoms with Crippen molar-refractivity contribution in [1.29, 1.82) is 0 Å². The molecule has 2 heterocycles. The van der Waals surface area contributed by atoms with E-state index in [-0.39, 0.29) is 30.7 Å². The van der Waals surface area contributed by atoms with E-state index in [1.54, 1.807) is 18.2 Å². The first-order valence-corrected chi connectivity index (χ1v) is 8.81. The first-order chi connectivity index (χ1) is 13.1. The van der Waals surface area contributed by atoms with Crippen molar-refractivity contribution in [3.05, 3.63) is 54.1 Å². The van der Waals surface area contributed by atoms with E-state index < -0.39 is 6.04 Å². The molecule has 1 saturated heterocycles. The number of carbonyl (C=O) groups is 3. The second-order valence-corrected chi connectivity index (χ2v) is 6.57. The monoisotopic (exact) mass is 365 g/mol. The molecule has 1 fully saturated rings. The van der Waals surface area contributed by atoms with Gasteiger partial charge >= 0.3 is 0 Å². The molecule has 0 aromatic heterocycles. The third kappa shape index (κ3) is 3.62. The van der Waals surface area contributed by atoms with Crippen LogP contribution in [0.4, 0.5) is 11.4 Å². The highest BCUT2D eigenvalue weighted by Gasteiger charge is 2.38. The molecular weight excluding hydrogens is 346 g/mol. The topological polar surface area (TPSA) is 87.7 Å². The largest absolute Gasteiger partial charge is 0.482 e. The number of anilines is 2. The number of benzene rings is 2. The van der Waals surface area contributed by atoms with Crippen LogP contribution >= 0.6 is 0 Å². The fourth-order valence-electron chi connectivity index (χ4n) is 3.29. The molecule has 0 saturated carbocycles. The minimum absolute atomic E-state index is 0.00817. The molecule has 2 N–H and O–H groups in total. The third-order valence-corrected chi connectivity index (χ3v) is 4.66. The van der Waals surface area contributed by atoms with Crippen molar-refractivity contribution in [1.82, 2.24) is 4.90 Å². The summed E-state index contributed by atoms with van der Waals surface area (Å²) in [7, 11) is 0. The van der Waals surface area contributed by atoms with Crippen LogP contribution in [0.2, 0.25) is 0 Å². The zero-order valence-electron chi connectivity index (χ0n) is 14.6. The van der Waals surface area contributed by atoms with E-state index in [9.17, 15) is 14.4 Å². The van der Waals surface area contributed by atoms with E-state index >= 15 is 0 Å². The lowest BCUT2D eigenvalue weighted by Crippen LogP contribution is -2.36. The van der Waals surface area contributed by atoms with Gasteiger partial charge in [0.05, 0.1) is 12.1 Å². The number of likely N-dealkylation sites (tertiary alicyclic amines) is 1. The van der Waals surface area contributed by atoms with E-state index in [4.69, 9.17) is 4.74 Å². The Labute approximate surface area is 156 Å². The van der Waals surface area contributed by atoms with Crippen LogP contribution in [0.1, 0.15) is 12.0 Å². The van der Waals surface area contributed by atoms with Crippen LogP contribution in [-0.2, 0) is 20.8 Å². The molecule has 2 aromatic rings. The van der Waals surface area contributed by atoms with Crippen molar-refractivity contribution in [3.63, 3.8) is 0 Å². The maximum atomic E-state index is 12.6. The first-order valence-electron chi connectivity index (χ1n) is 8.81. The number of ether oxygens (including phenoxy) is 1. The molecule has 0 aliphatic carbocycles. The summed E-state index contributed by atoms with van der Waals surface area (Å²) in [5.41, 5.74) is 2.28. The first kappa shape index (κ1) is 17.1. The highest BCUT2D eigenvalue weighted by Crippen LogP contribution is 2.31. The average Bonchev–Trinajstić information content (AvgIpc) is 2.93. The van der Waals surface area contributed by atoms with Gasteiger partial charge in [-0.25, -0.2) is 0 Å². The molecule has 138 valence electrons. The summed E-state index contributed by atoms with van der Waals surface area (Å²) >= 11 is 0. The number of fused-ring (bicyclic) bond motifs is 1. The molecule has 27 heavy (non-hydrogen) atoms. The molecule has 3 amide bonds. The van der Waals surface area contributed by atoms with Gasteiger partial charge in [0.1, 0.15) is 11.8 Å². The normalized spacial score (nSPS) is 18.7. The zero-order chi connectivity index (χ0) is 18.8. The van der Waals surface area contributed by atoms with E-state index in [2.05, 4.69) is 10.6 Å². The number of hydrogen-bond donors (Lipinski definition) is 2. The molecular formula is C20H19N3O4. The number of nitrogens with one attached hydrogen (secondary N) is 2. The summed E-state index contributed by atoms with van der Waals surface area (Å²) < 4.78 is 5.32. The fourth-order valence-corrected chi connectivity index (χ4v) is 3.29. The molecule has 2 aliphatic heterocycles. The van der Waals surface area contributed by atoms with Gasteiger partial charge in [-0.05, 0) is 30.2 Å². The SMILES string of the molecule is O=C1COc2ccc(N[C@H]3CC(=O)N(CCc4ccccc4)C3=O)cc2N1. The van der Waals surface area contributed by atoms with Crippen LogP contribution in [0, 0.1) is 0 Å². The van der Waals surface area contributed by atoms with E-state index in [0.29, 0.717) is 30.1 Å². The Morgan fingerprint density at radius 1 is 1.11 bits per heavy atom. The number of rotatable bonds is 5. The second-order valence-electron chi connectivity index (χ2n) is 6.57. The number of amides is 3. The quantitative estimate of drug-likeness (QED) is 0.789. The van der Waals surface area contributed by atoms with Gasteiger partial charge < -0.3 is 15.4 Å². The lowest BCUT2D eigenvalue weighted by atomic mass is 10.1. The molecule has 4 rings (SSSR count). The molecule has 1 atom stereocenters. The molecule has 2 aromatic carbocycles. The molecule has 0 bridgehead atoms. The predicted octanol–water partition coefficient (Wildman–Crippen LogP) is 1.80. The van der Waals surface area contributed by atoms with Crippen LogP contribution in [0.5, 0.6) is 5.75 Å². The summed E-state index contributed by atoms with van der Waals surface area (Å²) in [5.74, 6) is -0.0470. The summed E-state index contributed by atoms with van der Waals surface area (Å²) in [6.07, 6.45) is 0.751.